The summed E-state index contributed by atoms with van der Waals surface area (Å²) < 4.78 is 0. The minimum atomic E-state index is -0.125. The molecule has 3 heteroatoms. The van der Waals surface area contributed by atoms with Crippen molar-refractivity contribution in [3.63, 3.8) is 0 Å². The molecule has 0 heterocycles. The number of carbonyl (C=O) groups is 1. The van der Waals surface area contributed by atoms with E-state index in [0.29, 0.717) is 0 Å². The van der Waals surface area contributed by atoms with E-state index in [4.69, 9.17) is 5.11 Å². The molecule has 0 spiro atoms. The van der Waals surface area contributed by atoms with Gasteiger partial charge in [-0.2, -0.15) is 35.9 Å². The summed E-state index contributed by atoms with van der Waals surface area (Å²) in [6, 6.07) is 34.4. The molecule has 4 rings (SSSR count). The van der Waals surface area contributed by atoms with Gasteiger partial charge in [-0.3, -0.25) is 4.79 Å². The van der Waals surface area contributed by atoms with Gasteiger partial charge in [-0.05, 0) is 19.4 Å². The molecule has 0 unspecified atom stereocenters. The third-order valence-corrected chi connectivity index (χ3v) is 4.53. The van der Waals surface area contributed by atoms with Gasteiger partial charge < -0.3 is 5.11 Å². The Morgan fingerprint density at radius 1 is 0.903 bits per heavy atom. The first-order valence-electron chi connectivity index (χ1n) is 9.81. The van der Waals surface area contributed by atoms with E-state index in [1.54, 1.807) is 0 Å². The summed E-state index contributed by atoms with van der Waals surface area (Å²) in [6.07, 6.45) is 1.17. The van der Waals surface area contributed by atoms with E-state index in [1.807, 2.05) is 6.07 Å². The Labute approximate surface area is 197 Å². The Hall–Kier alpha value is -3.00. The predicted molar refractivity (Wildman–Crippen MR) is 124 cm³/mol. The number of carbonyl (C=O) groups excluding carboxylic acids is 1. The molecule has 0 aliphatic rings. The number of aryl methyl sites for hydroxylation is 1. The van der Waals surface area contributed by atoms with Crippen molar-refractivity contribution in [1.29, 1.82) is 0 Å². The van der Waals surface area contributed by atoms with Crippen LogP contribution in [0.2, 0.25) is 0 Å². The van der Waals surface area contributed by atoms with Crippen LogP contribution in [0, 0.1) is 19.1 Å². The number of benzene rings is 4. The van der Waals surface area contributed by atoms with E-state index in [2.05, 4.69) is 91.9 Å². The molecule has 0 aromatic heterocycles. The minimum Gasteiger partial charge on any atom is -0.512 e. The number of aliphatic hydroxyl groups excluding tert-OH is 1. The fourth-order valence-corrected chi connectivity index (χ4v) is 3.20. The Kier molecular flexibility index (Phi) is 8.93. The number of rotatable bonds is 3. The summed E-state index contributed by atoms with van der Waals surface area (Å²) in [6.45, 7) is 4.93. The zero-order chi connectivity index (χ0) is 21.5. The number of hydrogen-bond acceptors (Lipinski definition) is 2. The standard InChI is InChI=1S/C23H16.C5H8O2.Ir/c1-17-11-13-18(14-12-17)21-15-20-9-5-6-10-22(20)23(16-21)19-7-3-2-4-8-19;1-4(6)3-5(2)7;/h2-13,16H,1H3;3,6H,1-2H3;/q-2;;/b;4-3-;. The van der Waals surface area contributed by atoms with E-state index in [9.17, 15) is 4.79 Å². The summed E-state index contributed by atoms with van der Waals surface area (Å²) in [4.78, 5) is 10.0. The van der Waals surface area contributed by atoms with Crippen molar-refractivity contribution in [2.24, 2.45) is 0 Å². The number of aliphatic hydroxyl groups is 1. The molecule has 0 saturated heterocycles. The van der Waals surface area contributed by atoms with E-state index in [1.165, 1.54) is 42.0 Å². The van der Waals surface area contributed by atoms with E-state index >= 15 is 0 Å². The second kappa shape index (κ2) is 11.4. The average Bonchev–Trinajstić information content (AvgIpc) is 2.73. The van der Waals surface area contributed by atoms with Crippen LogP contribution in [0.1, 0.15) is 19.4 Å². The van der Waals surface area contributed by atoms with E-state index in [-0.39, 0.29) is 31.6 Å². The fraction of sp³-hybridized carbons (Fsp3) is 0.107. The van der Waals surface area contributed by atoms with Gasteiger partial charge in [0.2, 0.25) is 0 Å². The van der Waals surface area contributed by atoms with Crippen LogP contribution >= 0.6 is 0 Å². The van der Waals surface area contributed by atoms with Crippen molar-refractivity contribution in [3.05, 3.63) is 108 Å². The normalized spacial score (nSPS) is 10.6. The quantitative estimate of drug-likeness (QED) is 0.158. The average molecular weight is 585 g/mol. The molecule has 4 aromatic rings. The number of fused-ring (bicyclic) bond motifs is 1. The summed E-state index contributed by atoms with van der Waals surface area (Å²) >= 11 is 0. The van der Waals surface area contributed by atoms with Crippen molar-refractivity contribution in [3.8, 4) is 22.3 Å². The monoisotopic (exact) mass is 585 g/mol. The third-order valence-electron chi connectivity index (χ3n) is 4.53. The first-order valence-corrected chi connectivity index (χ1v) is 9.81. The molecular formula is C28H24IrO2-2. The van der Waals surface area contributed by atoms with Gasteiger partial charge >= 0.3 is 0 Å². The van der Waals surface area contributed by atoms with E-state index < -0.39 is 0 Å². The molecule has 1 radical (unpaired) electrons. The SMILES string of the molecule is CC(=O)/C=C(/C)O.Cc1c[c-]c(-c2[c-]c3ccccc3c(-c3ccccc3)c2)cc1.[Ir]. The Morgan fingerprint density at radius 3 is 2.16 bits per heavy atom. The molecule has 159 valence electrons. The van der Waals surface area contributed by atoms with Gasteiger partial charge in [-0.15, -0.1) is 23.1 Å². The van der Waals surface area contributed by atoms with Crippen LogP contribution in [-0.4, -0.2) is 10.9 Å². The topological polar surface area (TPSA) is 37.3 Å². The van der Waals surface area contributed by atoms with Crippen LogP contribution in [0.15, 0.2) is 90.7 Å². The van der Waals surface area contributed by atoms with Gasteiger partial charge in [0.25, 0.3) is 0 Å². The molecule has 0 saturated carbocycles. The number of hydrogen-bond donors (Lipinski definition) is 1. The molecule has 4 aromatic carbocycles. The van der Waals surface area contributed by atoms with Gasteiger partial charge in [0.15, 0.2) is 5.78 Å². The van der Waals surface area contributed by atoms with Gasteiger partial charge in [0.1, 0.15) is 0 Å². The van der Waals surface area contributed by atoms with Crippen molar-refractivity contribution in [2.75, 3.05) is 0 Å². The van der Waals surface area contributed by atoms with E-state index in [0.717, 1.165) is 16.5 Å². The summed E-state index contributed by atoms with van der Waals surface area (Å²) in [5.74, 6) is -0.0625. The second-order valence-corrected chi connectivity index (χ2v) is 7.18. The van der Waals surface area contributed by atoms with Crippen LogP contribution in [-0.2, 0) is 24.9 Å². The molecule has 31 heavy (non-hydrogen) atoms. The summed E-state index contributed by atoms with van der Waals surface area (Å²) in [5, 5.41) is 10.7. The predicted octanol–water partition coefficient (Wildman–Crippen LogP) is 7.12. The Morgan fingerprint density at radius 2 is 1.58 bits per heavy atom. The van der Waals surface area contributed by atoms with Crippen LogP contribution in [0.5, 0.6) is 0 Å². The summed E-state index contributed by atoms with van der Waals surface area (Å²) in [7, 11) is 0. The first kappa shape index (κ1) is 24.3. The van der Waals surface area contributed by atoms with Crippen molar-refractivity contribution in [1.82, 2.24) is 0 Å². The Balaban J connectivity index is 0.000000373. The molecule has 2 nitrogen and oxygen atoms in total. The Bertz CT molecular complexity index is 1170. The van der Waals surface area contributed by atoms with Gasteiger partial charge in [-0.25, -0.2) is 5.56 Å². The minimum absolute atomic E-state index is 0. The van der Waals surface area contributed by atoms with Crippen molar-refractivity contribution < 1.29 is 30.0 Å². The molecule has 0 amide bonds. The maximum absolute atomic E-state index is 10.0. The molecule has 0 atom stereocenters. The van der Waals surface area contributed by atoms with Gasteiger partial charge in [0, 0.05) is 26.2 Å². The van der Waals surface area contributed by atoms with Crippen LogP contribution in [0.4, 0.5) is 0 Å². The molecule has 0 aliphatic carbocycles. The third kappa shape index (κ3) is 6.75. The second-order valence-electron chi connectivity index (χ2n) is 7.18. The molecular weight excluding hydrogens is 561 g/mol. The number of ketones is 1. The first-order chi connectivity index (χ1) is 14.4. The van der Waals surface area contributed by atoms with Crippen molar-refractivity contribution >= 4 is 16.6 Å². The van der Waals surface area contributed by atoms with Gasteiger partial charge in [0.05, 0.1) is 5.76 Å². The largest absolute Gasteiger partial charge is 0.512 e. The fourth-order valence-electron chi connectivity index (χ4n) is 3.20. The zero-order valence-corrected chi connectivity index (χ0v) is 20.2. The molecule has 0 bridgehead atoms. The smallest absolute Gasteiger partial charge is 0.155 e. The van der Waals surface area contributed by atoms with Crippen molar-refractivity contribution in [2.45, 2.75) is 20.8 Å². The molecule has 0 fully saturated rings. The van der Waals surface area contributed by atoms with Crippen LogP contribution in [0.25, 0.3) is 33.0 Å². The summed E-state index contributed by atoms with van der Waals surface area (Å²) in [5.41, 5.74) is 5.86. The van der Waals surface area contributed by atoms with Crippen LogP contribution < -0.4 is 0 Å². The van der Waals surface area contributed by atoms with Gasteiger partial charge in [-0.1, -0.05) is 66.4 Å². The maximum Gasteiger partial charge on any atom is 0.155 e. The van der Waals surface area contributed by atoms with Crippen LogP contribution in [0.3, 0.4) is 0 Å². The molecule has 1 N–H and O–H groups in total. The zero-order valence-electron chi connectivity index (χ0n) is 17.8. The maximum atomic E-state index is 10.0. The number of allylic oxidation sites excluding steroid dienone is 2. The molecule has 0 aliphatic heterocycles.